The van der Waals surface area contributed by atoms with Crippen molar-refractivity contribution in [2.75, 3.05) is 44.3 Å². The number of halogens is 2. The number of anilines is 1. The number of ether oxygens (including phenoxy) is 2. The largest absolute Gasteiger partial charge is 0.508 e. The Hall–Kier alpha value is -3.68. The van der Waals surface area contributed by atoms with Gasteiger partial charge in [0.25, 0.3) is 0 Å². The number of piperazine rings is 1. The van der Waals surface area contributed by atoms with E-state index in [9.17, 15) is 9.50 Å². The van der Waals surface area contributed by atoms with Crippen LogP contribution in [0.5, 0.6) is 11.8 Å². The first kappa shape index (κ1) is 28.5. The van der Waals surface area contributed by atoms with Crippen molar-refractivity contribution < 1.29 is 19.0 Å². The summed E-state index contributed by atoms with van der Waals surface area (Å²) in [5.41, 5.74) is 2.04. The lowest BCUT2D eigenvalue weighted by Crippen LogP contribution is -2.51. The molecule has 10 heteroatoms. The lowest BCUT2D eigenvalue weighted by Gasteiger charge is -2.34. The van der Waals surface area contributed by atoms with E-state index in [1.54, 1.807) is 18.2 Å². The van der Waals surface area contributed by atoms with Crippen molar-refractivity contribution in [2.45, 2.75) is 56.3 Å². The zero-order chi connectivity index (χ0) is 31.2. The van der Waals surface area contributed by atoms with Gasteiger partial charge in [0.05, 0.1) is 30.4 Å². The molecule has 4 aliphatic heterocycles. The molecule has 0 radical (unpaired) electrons. The Balaban J connectivity index is 1.12. The average molecular weight is 640 g/mol. The second kappa shape index (κ2) is 10.7. The summed E-state index contributed by atoms with van der Waals surface area (Å²) in [6.45, 7) is 5.09. The number of rotatable bonds is 7. The highest BCUT2D eigenvalue weighted by molar-refractivity contribution is 6.35. The first-order valence-electron chi connectivity index (χ1n) is 16.3. The van der Waals surface area contributed by atoms with E-state index in [0.29, 0.717) is 69.3 Å². The predicted octanol–water partition coefficient (Wildman–Crippen LogP) is 5.50. The standard InChI is InChI=1S/C36H35ClFN5O3/c1-2-26-31(38)6-3-20-9-24(44)11-28(33(20)26)27-13-32-29(12-30(27)37)34(42-14-21-4-5-22(15-42)39-21)41-35(40-32)46-19-36(7-8-36)18-43-16-25-10-23(43)17-45-25/h1,3,6,9,11-13,21-23,25,39,44H,4-5,7-8,10,14-19H2/t21?,22?,23-,25-/m0/s1. The number of fused-ring (bicyclic) bond motifs is 6. The molecule has 1 aliphatic carbocycles. The Labute approximate surface area is 271 Å². The van der Waals surface area contributed by atoms with Gasteiger partial charge in [-0.15, -0.1) is 6.42 Å². The van der Waals surface area contributed by atoms with Crippen LogP contribution in [-0.2, 0) is 4.74 Å². The summed E-state index contributed by atoms with van der Waals surface area (Å²) in [5, 5.41) is 16.8. The van der Waals surface area contributed by atoms with Gasteiger partial charge in [0.15, 0.2) is 0 Å². The molecule has 0 spiro atoms. The van der Waals surface area contributed by atoms with E-state index in [2.05, 4.69) is 21.0 Å². The van der Waals surface area contributed by atoms with Crippen LogP contribution in [0, 0.1) is 23.6 Å². The van der Waals surface area contributed by atoms with Crippen molar-refractivity contribution in [3.05, 3.63) is 52.8 Å². The highest BCUT2D eigenvalue weighted by Gasteiger charge is 2.49. The smallest absolute Gasteiger partial charge is 0.318 e. The van der Waals surface area contributed by atoms with E-state index in [0.717, 1.165) is 76.1 Å². The van der Waals surface area contributed by atoms with Gasteiger partial charge in [-0.3, -0.25) is 4.90 Å². The molecule has 9 rings (SSSR count). The van der Waals surface area contributed by atoms with Crippen molar-refractivity contribution in [3.63, 3.8) is 0 Å². The predicted molar refractivity (Wildman–Crippen MR) is 176 cm³/mol. The maximum Gasteiger partial charge on any atom is 0.318 e. The minimum atomic E-state index is -0.504. The second-order valence-corrected chi connectivity index (χ2v) is 14.4. The number of phenolic OH excluding ortho intramolecular Hbond substituents is 1. The third-order valence-electron chi connectivity index (χ3n) is 10.8. The van der Waals surface area contributed by atoms with Gasteiger partial charge in [-0.25, -0.2) is 4.39 Å². The maximum absolute atomic E-state index is 14.9. The molecule has 2 N–H and O–H groups in total. The van der Waals surface area contributed by atoms with Crippen LogP contribution in [0.25, 0.3) is 32.8 Å². The highest BCUT2D eigenvalue weighted by atomic mass is 35.5. The number of hydrogen-bond donors (Lipinski definition) is 2. The normalized spacial score (nSPS) is 26.2. The monoisotopic (exact) mass is 639 g/mol. The molecule has 1 saturated carbocycles. The average Bonchev–Trinajstić information content (AvgIpc) is 3.31. The van der Waals surface area contributed by atoms with Crippen molar-refractivity contribution in [3.8, 4) is 35.2 Å². The number of terminal acetylenes is 1. The van der Waals surface area contributed by atoms with E-state index in [1.165, 1.54) is 6.07 Å². The van der Waals surface area contributed by atoms with Crippen LogP contribution in [0.3, 0.4) is 0 Å². The molecule has 5 fully saturated rings. The number of phenols is 1. The fraction of sp³-hybridized carbons (Fsp3) is 0.444. The number of benzene rings is 3. The number of morpholine rings is 1. The number of nitrogens with one attached hydrogen (secondary N) is 1. The van der Waals surface area contributed by atoms with Crippen molar-refractivity contribution >= 4 is 39.1 Å². The molecule has 3 aromatic carbocycles. The molecule has 2 unspecified atom stereocenters. The van der Waals surface area contributed by atoms with Crippen LogP contribution in [0.15, 0.2) is 36.4 Å². The third kappa shape index (κ3) is 4.85. The quantitative estimate of drug-likeness (QED) is 0.257. The molecule has 4 aromatic rings. The van der Waals surface area contributed by atoms with Crippen molar-refractivity contribution in [1.29, 1.82) is 0 Å². The summed E-state index contributed by atoms with van der Waals surface area (Å²) in [7, 11) is 0. The fourth-order valence-corrected chi connectivity index (χ4v) is 8.48. The van der Waals surface area contributed by atoms with Crippen LogP contribution < -0.4 is 15.0 Å². The number of aromatic nitrogens is 2. The van der Waals surface area contributed by atoms with E-state index in [-0.39, 0.29) is 16.7 Å². The van der Waals surface area contributed by atoms with E-state index in [4.69, 9.17) is 37.5 Å². The SMILES string of the molecule is C#Cc1c(F)ccc2cc(O)cc(-c3cc4nc(OCC5(CN6C[C@@H]7C[C@H]6CO7)CC5)nc(N5CC6CCC(C5)N6)c4cc3Cl)c12. The minimum absolute atomic E-state index is 0.0319. The first-order chi connectivity index (χ1) is 22.3. The topological polar surface area (TPSA) is 83.0 Å². The lowest BCUT2D eigenvalue weighted by atomic mass is 9.93. The number of aromatic hydroxyl groups is 1. The molecule has 1 aromatic heterocycles. The van der Waals surface area contributed by atoms with Crippen LogP contribution in [0.2, 0.25) is 5.02 Å². The van der Waals surface area contributed by atoms with Gasteiger partial charge in [0.2, 0.25) is 0 Å². The molecule has 236 valence electrons. The van der Waals surface area contributed by atoms with Crippen molar-refractivity contribution in [1.82, 2.24) is 20.2 Å². The third-order valence-corrected chi connectivity index (χ3v) is 11.1. The Kier molecular flexibility index (Phi) is 6.62. The first-order valence-corrected chi connectivity index (χ1v) is 16.7. The Morgan fingerprint density at radius 3 is 2.65 bits per heavy atom. The van der Waals surface area contributed by atoms with Crippen LogP contribution >= 0.6 is 11.6 Å². The van der Waals surface area contributed by atoms with Crippen LogP contribution in [-0.4, -0.2) is 83.6 Å². The van der Waals surface area contributed by atoms with Crippen LogP contribution in [0.4, 0.5) is 10.2 Å². The molecule has 4 bridgehead atoms. The molecule has 5 heterocycles. The van der Waals surface area contributed by atoms with E-state index >= 15 is 0 Å². The summed E-state index contributed by atoms with van der Waals surface area (Å²) in [4.78, 5) is 14.9. The van der Waals surface area contributed by atoms with E-state index in [1.807, 2.05) is 12.1 Å². The zero-order valence-electron chi connectivity index (χ0n) is 25.4. The minimum Gasteiger partial charge on any atom is -0.508 e. The zero-order valence-corrected chi connectivity index (χ0v) is 26.2. The van der Waals surface area contributed by atoms with Gasteiger partial charge in [0.1, 0.15) is 17.4 Å². The summed E-state index contributed by atoms with van der Waals surface area (Å²) in [5.74, 6) is 2.84. The number of nitrogens with zero attached hydrogens (tertiary/aromatic N) is 4. The van der Waals surface area contributed by atoms with Gasteiger partial charge in [0, 0.05) is 71.1 Å². The summed E-state index contributed by atoms with van der Waals surface area (Å²) in [6, 6.07) is 11.5. The van der Waals surface area contributed by atoms with Gasteiger partial charge in [-0.05, 0) is 73.4 Å². The van der Waals surface area contributed by atoms with Gasteiger partial charge in [-0.1, -0.05) is 23.6 Å². The molecule has 0 amide bonds. The molecule has 5 aliphatic rings. The van der Waals surface area contributed by atoms with Crippen molar-refractivity contribution in [2.24, 2.45) is 5.41 Å². The fourth-order valence-electron chi connectivity index (χ4n) is 8.22. The van der Waals surface area contributed by atoms with Gasteiger partial charge < -0.3 is 24.8 Å². The Bertz CT molecular complexity index is 1930. The Morgan fingerprint density at radius 2 is 1.93 bits per heavy atom. The number of hydrogen-bond acceptors (Lipinski definition) is 8. The maximum atomic E-state index is 14.9. The molecule has 4 atom stereocenters. The van der Waals surface area contributed by atoms with Gasteiger partial charge >= 0.3 is 6.01 Å². The summed E-state index contributed by atoms with van der Waals surface area (Å²) >= 11 is 7.02. The molecule has 46 heavy (non-hydrogen) atoms. The molecule has 4 saturated heterocycles. The second-order valence-electron chi connectivity index (χ2n) is 13.9. The lowest BCUT2D eigenvalue weighted by molar-refractivity contribution is 0.0176. The number of likely N-dealkylation sites (tertiary alicyclic amines) is 1. The van der Waals surface area contributed by atoms with E-state index < -0.39 is 5.82 Å². The molecular weight excluding hydrogens is 605 g/mol. The highest BCUT2D eigenvalue weighted by Crippen LogP contribution is 2.48. The van der Waals surface area contributed by atoms with Gasteiger partial charge in [-0.2, -0.15) is 9.97 Å². The van der Waals surface area contributed by atoms with Crippen LogP contribution in [0.1, 0.15) is 37.7 Å². The molecular formula is C36H35ClFN5O3. The summed E-state index contributed by atoms with van der Waals surface area (Å²) < 4.78 is 27.2. The summed E-state index contributed by atoms with van der Waals surface area (Å²) in [6.07, 6.45) is 11.8. The Morgan fingerprint density at radius 1 is 1.11 bits per heavy atom. The molecule has 8 nitrogen and oxygen atoms in total.